The Labute approximate surface area is 188 Å². The van der Waals surface area contributed by atoms with Crippen LogP contribution >= 0.6 is 23.2 Å². The molecule has 166 valence electrons. The molecule has 1 aromatic heterocycles. The molecule has 31 heavy (non-hydrogen) atoms. The molecule has 0 spiro atoms. The number of halogens is 5. The van der Waals surface area contributed by atoms with Crippen LogP contribution in [0.1, 0.15) is 43.0 Å². The third-order valence-corrected chi connectivity index (χ3v) is 5.33. The van der Waals surface area contributed by atoms with E-state index < -0.39 is 12.0 Å². The molecule has 0 radical (unpaired) electrons. The minimum Gasteiger partial charge on any atom is -0.488 e. The first kappa shape index (κ1) is 23.4. The van der Waals surface area contributed by atoms with Gasteiger partial charge in [-0.1, -0.05) is 29.8 Å². The smallest absolute Gasteiger partial charge is 0.488 e. The zero-order valence-corrected chi connectivity index (χ0v) is 19.0. The predicted octanol–water partition coefficient (Wildman–Crippen LogP) is 8.06. The summed E-state index contributed by atoms with van der Waals surface area (Å²) in [5.74, 6) is 0.152. The summed E-state index contributed by atoms with van der Waals surface area (Å²) in [6, 6.07) is 6.15. The number of alkyl halides is 3. The fourth-order valence-electron chi connectivity index (χ4n) is 3.45. The quantitative estimate of drug-likeness (QED) is 0.381. The third-order valence-electron chi connectivity index (χ3n) is 4.55. The first-order valence-electron chi connectivity index (χ1n) is 9.46. The minimum absolute atomic E-state index is 0.278. The van der Waals surface area contributed by atoms with Crippen LogP contribution in [0, 0.1) is 6.92 Å². The van der Waals surface area contributed by atoms with Crippen LogP contribution in [-0.2, 0) is 11.2 Å². The fraction of sp³-hybridized carbons (Fsp3) is 0.304. The summed E-state index contributed by atoms with van der Waals surface area (Å²) in [6.45, 7) is 11.4. The van der Waals surface area contributed by atoms with Gasteiger partial charge in [0.15, 0.2) is 0 Å². The van der Waals surface area contributed by atoms with Crippen molar-refractivity contribution in [2.45, 2.75) is 46.1 Å². The van der Waals surface area contributed by atoms with E-state index in [1.165, 1.54) is 12.1 Å². The molecular formula is C23H22Cl2F3NO2. The lowest BCUT2D eigenvalue weighted by Crippen LogP contribution is -2.18. The lowest BCUT2D eigenvalue weighted by Gasteiger charge is -2.24. The van der Waals surface area contributed by atoms with E-state index in [-0.39, 0.29) is 5.75 Å². The molecule has 0 bridgehead atoms. The van der Waals surface area contributed by atoms with Crippen molar-refractivity contribution in [1.82, 2.24) is 4.98 Å². The number of H-pyrrole nitrogens is 1. The highest BCUT2D eigenvalue weighted by Gasteiger charge is 2.31. The Morgan fingerprint density at radius 2 is 1.81 bits per heavy atom. The van der Waals surface area contributed by atoms with Gasteiger partial charge in [-0.2, -0.15) is 0 Å². The number of aromatic nitrogens is 1. The topological polar surface area (TPSA) is 34.2 Å². The highest BCUT2D eigenvalue weighted by atomic mass is 35.5. The van der Waals surface area contributed by atoms with Crippen LogP contribution in [0.4, 0.5) is 13.2 Å². The molecular weight excluding hydrogens is 450 g/mol. The van der Waals surface area contributed by atoms with Crippen LogP contribution in [0.2, 0.25) is 10.0 Å². The minimum atomic E-state index is -4.76. The van der Waals surface area contributed by atoms with E-state index in [0.717, 1.165) is 10.9 Å². The van der Waals surface area contributed by atoms with Gasteiger partial charge in [-0.15, -0.1) is 13.2 Å². The molecule has 1 N–H and O–H groups in total. The lowest BCUT2D eigenvalue weighted by atomic mass is 9.99. The van der Waals surface area contributed by atoms with E-state index in [1.54, 1.807) is 25.3 Å². The number of rotatable bonds is 5. The van der Waals surface area contributed by atoms with Crippen molar-refractivity contribution in [3.8, 4) is 5.75 Å². The summed E-state index contributed by atoms with van der Waals surface area (Å²) in [4.78, 5) is 3.01. The van der Waals surface area contributed by atoms with Crippen molar-refractivity contribution in [3.05, 3.63) is 69.3 Å². The standard InChI is InChI=1S/C23H22Cl2F3NO2/c1-12-8-15(31-23(26,27)28)10-19-20(12)14(11-29-19)9-17-18(24)7-6-16(21(17)25)13(2)30-22(3,4)5/h6-8,10-11,29H,2,9H2,1,3-5H3. The van der Waals surface area contributed by atoms with Gasteiger partial charge in [-0.3, -0.25) is 0 Å². The molecule has 0 saturated heterocycles. The zero-order valence-electron chi connectivity index (χ0n) is 17.5. The number of aryl methyl sites for hydroxylation is 1. The molecule has 0 aliphatic carbocycles. The van der Waals surface area contributed by atoms with Crippen LogP contribution in [0.15, 0.2) is 37.0 Å². The van der Waals surface area contributed by atoms with Gasteiger partial charge < -0.3 is 14.5 Å². The summed E-state index contributed by atoms with van der Waals surface area (Å²) in [5, 5.41) is 1.68. The maximum Gasteiger partial charge on any atom is 0.573 e. The van der Waals surface area contributed by atoms with Gasteiger partial charge in [0, 0.05) is 40.2 Å². The van der Waals surface area contributed by atoms with Crippen LogP contribution < -0.4 is 4.74 Å². The molecule has 0 atom stereocenters. The van der Waals surface area contributed by atoms with E-state index in [9.17, 15) is 13.2 Å². The Morgan fingerprint density at radius 1 is 1.13 bits per heavy atom. The highest BCUT2D eigenvalue weighted by Crippen LogP contribution is 2.37. The predicted molar refractivity (Wildman–Crippen MR) is 119 cm³/mol. The number of benzene rings is 2. The van der Waals surface area contributed by atoms with Gasteiger partial charge in [0.05, 0.1) is 5.02 Å². The average Bonchev–Trinajstić information content (AvgIpc) is 2.98. The number of fused-ring (bicyclic) bond motifs is 1. The molecule has 0 amide bonds. The van der Waals surface area contributed by atoms with E-state index in [4.69, 9.17) is 27.9 Å². The van der Waals surface area contributed by atoms with Crippen LogP contribution in [0.5, 0.6) is 5.75 Å². The van der Waals surface area contributed by atoms with Crippen molar-refractivity contribution < 1.29 is 22.6 Å². The Bertz CT molecular complexity index is 1140. The highest BCUT2D eigenvalue weighted by molar-refractivity contribution is 6.37. The molecule has 1 heterocycles. The molecule has 0 unspecified atom stereocenters. The maximum absolute atomic E-state index is 12.6. The van der Waals surface area contributed by atoms with Gasteiger partial charge in [0.25, 0.3) is 0 Å². The number of aromatic amines is 1. The van der Waals surface area contributed by atoms with Crippen molar-refractivity contribution in [3.63, 3.8) is 0 Å². The first-order chi connectivity index (χ1) is 14.2. The molecule has 0 fully saturated rings. The number of hydrogen-bond acceptors (Lipinski definition) is 2. The molecule has 3 aromatic rings. The Balaban J connectivity index is 1.99. The Hall–Kier alpha value is -2.31. The summed E-state index contributed by atoms with van der Waals surface area (Å²) in [6.07, 6.45) is -2.65. The van der Waals surface area contributed by atoms with Crippen LogP contribution in [-0.4, -0.2) is 16.9 Å². The number of hydrogen-bond donors (Lipinski definition) is 1. The van der Waals surface area contributed by atoms with Gasteiger partial charge in [-0.05, 0) is 62.6 Å². The fourth-order valence-corrected chi connectivity index (χ4v) is 4.06. The zero-order chi connectivity index (χ0) is 23.1. The van der Waals surface area contributed by atoms with Crippen molar-refractivity contribution in [1.29, 1.82) is 0 Å². The van der Waals surface area contributed by atoms with E-state index in [2.05, 4.69) is 16.3 Å². The van der Waals surface area contributed by atoms with Gasteiger partial charge >= 0.3 is 6.36 Å². The number of ether oxygens (including phenoxy) is 2. The second kappa shape index (κ2) is 8.32. The summed E-state index contributed by atoms with van der Waals surface area (Å²) in [5.41, 5.74) is 2.87. The summed E-state index contributed by atoms with van der Waals surface area (Å²) >= 11 is 13.1. The van der Waals surface area contributed by atoms with Crippen LogP contribution in [0.3, 0.4) is 0 Å². The molecule has 3 nitrogen and oxygen atoms in total. The van der Waals surface area contributed by atoms with Crippen molar-refractivity contribution in [2.24, 2.45) is 0 Å². The molecule has 0 aliphatic heterocycles. The van der Waals surface area contributed by atoms with Crippen LogP contribution in [0.25, 0.3) is 16.7 Å². The number of nitrogens with one attached hydrogen (secondary N) is 1. The second-order valence-corrected chi connectivity index (χ2v) is 9.01. The molecule has 0 aliphatic rings. The van der Waals surface area contributed by atoms with E-state index in [0.29, 0.717) is 44.4 Å². The SMILES string of the molecule is C=C(OC(C)(C)C)c1ccc(Cl)c(Cc2c[nH]c3cc(OC(F)(F)F)cc(C)c23)c1Cl. The molecule has 3 rings (SSSR count). The summed E-state index contributed by atoms with van der Waals surface area (Å²) in [7, 11) is 0. The van der Waals surface area contributed by atoms with Gasteiger partial charge in [-0.25, -0.2) is 0 Å². The monoisotopic (exact) mass is 471 g/mol. The Kier molecular flexibility index (Phi) is 6.27. The van der Waals surface area contributed by atoms with E-state index >= 15 is 0 Å². The maximum atomic E-state index is 12.6. The second-order valence-electron chi connectivity index (χ2n) is 8.23. The first-order valence-corrected chi connectivity index (χ1v) is 10.2. The van der Waals surface area contributed by atoms with Crippen molar-refractivity contribution >= 4 is 39.9 Å². The van der Waals surface area contributed by atoms with Gasteiger partial charge in [0.1, 0.15) is 17.1 Å². The molecule has 2 aromatic carbocycles. The van der Waals surface area contributed by atoms with Gasteiger partial charge in [0.2, 0.25) is 0 Å². The summed E-state index contributed by atoms with van der Waals surface area (Å²) < 4.78 is 47.6. The van der Waals surface area contributed by atoms with E-state index in [1.807, 2.05) is 20.8 Å². The van der Waals surface area contributed by atoms with Crippen molar-refractivity contribution in [2.75, 3.05) is 0 Å². The normalized spacial score (nSPS) is 12.3. The average molecular weight is 472 g/mol. The third kappa shape index (κ3) is 5.49. The molecule has 0 saturated carbocycles. The lowest BCUT2D eigenvalue weighted by molar-refractivity contribution is -0.274. The Morgan fingerprint density at radius 3 is 2.42 bits per heavy atom. The molecule has 8 heteroatoms. The largest absolute Gasteiger partial charge is 0.573 e.